The van der Waals surface area contributed by atoms with Crippen molar-refractivity contribution in [3.63, 3.8) is 0 Å². The fraction of sp³-hybridized carbons (Fsp3) is 0.0435. The van der Waals surface area contributed by atoms with E-state index in [4.69, 9.17) is 0 Å². The second kappa shape index (κ2) is 7.90. The lowest BCUT2D eigenvalue weighted by Gasteiger charge is -2.08. The first-order valence-electron chi connectivity index (χ1n) is 9.08. The average Bonchev–Trinajstić information content (AvgIpc) is 2.73. The molecule has 1 amide bonds. The van der Waals surface area contributed by atoms with Crippen LogP contribution >= 0.6 is 0 Å². The molecule has 4 rings (SSSR count). The number of hydrogen-bond acceptors (Lipinski definition) is 4. The summed E-state index contributed by atoms with van der Waals surface area (Å²) in [6, 6.07) is 24.3. The average molecular weight is 383 g/mol. The molecule has 0 atom stereocenters. The van der Waals surface area contributed by atoms with Crippen LogP contribution in [0.3, 0.4) is 0 Å². The first-order valence-corrected chi connectivity index (χ1v) is 9.08. The maximum Gasteiger partial charge on any atom is 0.273 e. The molecule has 0 radical (unpaired) electrons. The van der Waals surface area contributed by atoms with Crippen molar-refractivity contribution in [1.82, 2.24) is 5.43 Å². The third kappa shape index (κ3) is 3.82. The molecule has 0 saturated carbocycles. The minimum absolute atomic E-state index is 0.0772. The molecule has 6 nitrogen and oxygen atoms in total. The zero-order valence-electron chi connectivity index (χ0n) is 15.4. The van der Waals surface area contributed by atoms with Gasteiger partial charge in [0.1, 0.15) is 0 Å². The Labute approximate surface area is 166 Å². The molecular weight excluding hydrogens is 366 g/mol. The van der Waals surface area contributed by atoms with Gasteiger partial charge in [-0.1, -0.05) is 66.7 Å². The second-order valence-electron chi connectivity index (χ2n) is 6.59. The first kappa shape index (κ1) is 18.3. The van der Waals surface area contributed by atoms with E-state index in [9.17, 15) is 14.9 Å². The number of fused-ring (bicyclic) bond motifs is 2. The van der Waals surface area contributed by atoms with Crippen LogP contribution in [0.2, 0.25) is 0 Å². The van der Waals surface area contributed by atoms with Crippen LogP contribution in [0.25, 0.3) is 21.5 Å². The van der Waals surface area contributed by atoms with Crippen LogP contribution in [0.4, 0.5) is 5.69 Å². The Hall–Kier alpha value is -4.06. The molecule has 0 aliphatic carbocycles. The molecular formula is C23H17N3O3. The van der Waals surface area contributed by atoms with E-state index in [1.807, 2.05) is 48.5 Å². The number of nitro groups is 1. The van der Waals surface area contributed by atoms with Crippen molar-refractivity contribution >= 4 is 39.4 Å². The van der Waals surface area contributed by atoms with E-state index < -0.39 is 10.8 Å². The summed E-state index contributed by atoms with van der Waals surface area (Å²) in [6.07, 6.45) is 1.51. The Balaban J connectivity index is 1.60. The maximum atomic E-state index is 12.3. The third-order valence-electron chi connectivity index (χ3n) is 4.74. The van der Waals surface area contributed by atoms with Crippen molar-refractivity contribution in [2.45, 2.75) is 6.42 Å². The summed E-state index contributed by atoms with van der Waals surface area (Å²) >= 11 is 0. The van der Waals surface area contributed by atoms with Crippen molar-refractivity contribution in [3.8, 4) is 0 Å². The van der Waals surface area contributed by atoms with Crippen molar-refractivity contribution < 1.29 is 9.72 Å². The molecule has 0 bridgehead atoms. The van der Waals surface area contributed by atoms with E-state index in [2.05, 4.69) is 16.6 Å². The number of benzene rings is 4. The van der Waals surface area contributed by atoms with Gasteiger partial charge in [0.15, 0.2) is 0 Å². The number of amides is 1. The number of nitrogens with zero attached hydrogens (tertiary/aromatic N) is 2. The van der Waals surface area contributed by atoms with Gasteiger partial charge >= 0.3 is 0 Å². The number of hydrazone groups is 1. The minimum Gasteiger partial charge on any atom is -0.273 e. The largest absolute Gasteiger partial charge is 0.273 e. The van der Waals surface area contributed by atoms with Crippen LogP contribution in [0, 0.1) is 10.1 Å². The van der Waals surface area contributed by atoms with Gasteiger partial charge in [-0.15, -0.1) is 0 Å². The number of para-hydroxylation sites is 1. The van der Waals surface area contributed by atoms with Gasteiger partial charge in [0, 0.05) is 17.2 Å². The lowest BCUT2D eigenvalue weighted by atomic mass is 9.97. The van der Waals surface area contributed by atoms with Gasteiger partial charge in [0.25, 0.3) is 5.69 Å². The summed E-state index contributed by atoms with van der Waals surface area (Å²) in [6.45, 7) is 0. The predicted octanol–water partition coefficient (Wildman–Crippen LogP) is 4.59. The van der Waals surface area contributed by atoms with Crippen molar-refractivity contribution in [2.75, 3.05) is 0 Å². The summed E-state index contributed by atoms with van der Waals surface area (Å²) in [4.78, 5) is 22.9. The predicted molar refractivity (Wildman–Crippen MR) is 114 cm³/mol. The molecule has 29 heavy (non-hydrogen) atoms. The van der Waals surface area contributed by atoms with E-state index in [0.29, 0.717) is 5.56 Å². The minimum atomic E-state index is -0.492. The first-order chi connectivity index (χ1) is 14.1. The summed E-state index contributed by atoms with van der Waals surface area (Å²) in [5.41, 5.74) is 3.66. The van der Waals surface area contributed by atoms with Crippen LogP contribution in [0.1, 0.15) is 11.1 Å². The highest BCUT2D eigenvalue weighted by Crippen LogP contribution is 2.27. The number of nitrogens with one attached hydrogen (secondary N) is 1. The number of carbonyl (C=O) groups excluding carboxylic acids is 1. The van der Waals surface area contributed by atoms with Gasteiger partial charge in [-0.05, 0) is 27.6 Å². The van der Waals surface area contributed by atoms with E-state index in [0.717, 1.165) is 27.1 Å². The van der Waals surface area contributed by atoms with E-state index >= 15 is 0 Å². The topological polar surface area (TPSA) is 84.6 Å². The van der Waals surface area contributed by atoms with Crippen LogP contribution < -0.4 is 5.43 Å². The number of rotatable bonds is 5. The molecule has 0 fully saturated rings. The van der Waals surface area contributed by atoms with Crippen LogP contribution in [-0.2, 0) is 11.2 Å². The molecule has 0 unspecified atom stereocenters. The summed E-state index contributed by atoms with van der Waals surface area (Å²) in [7, 11) is 0. The lowest BCUT2D eigenvalue weighted by Crippen LogP contribution is -2.20. The Morgan fingerprint density at radius 2 is 1.52 bits per heavy atom. The molecule has 0 saturated heterocycles. The SMILES string of the molecule is O=C(Cc1ccccc1[N+](=O)[O-])N/N=C/c1c2ccccc2cc2ccccc12. The fourth-order valence-corrected chi connectivity index (χ4v) is 3.41. The standard InChI is InChI=1S/C23H17N3O3/c27-23(14-18-9-3-6-12-22(18)26(28)29)25-24-15-21-19-10-4-1-7-16(19)13-17-8-2-5-11-20(17)21/h1-13,15H,14H2,(H,25,27)/b24-15+. The fourth-order valence-electron chi connectivity index (χ4n) is 3.41. The molecule has 4 aromatic rings. The van der Waals surface area contributed by atoms with E-state index in [1.165, 1.54) is 6.07 Å². The van der Waals surface area contributed by atoms with Crippen LogP contribution in [0.15, 0.2) is 84.0 Å². The smallest absolute Gasteiger partial charge is 0.273 e. The van der Waals surface area contributed by atoms with Crippen molar-refractivity contribution in [2.24, 2.45) is 5.10 Å². The number of hydrogen-bond donors (Lipinski definition) is 1. The molecule has 0 heterocycles. The molecule has 1 N–H and O–H groups in total. The Bertz CT molecular complexity index is 1210. The summed E-state index contributed by atoms with van der Waals surface area (Å²) < 4.78 is 0. The normalized spacial score (nSPS) is 11.2. The number of nitro benzene ring substituents is 1. The highest BCUT2D eigenvalue weighted by atomic mass is 16.6. The zero-order valence-corrected chi connectivity index (χ0v) is 15.4. The molecule has 6 heteroatoms. The Kier molecular flexibility index (Phi) is 4.99. The van der Waals surface area contributed by atoms with Gasteiger partial charge in [-0.3, -0.25) is 14.9 Å². The molecule has 0 aromatic heterocycles. The van der Waals surface area contributed by atoms with Gasteiger partial charge in [-0.25, -0.2) is 5.43 Å². The summed E-state index contributed by atoms with van der Waals surface area (Å²) in [5, 5.41) is 19.4. The van der Waals surface area contributed by atoms with E-state index in [-0.39, 0.29) is 12.1 Å². The maximum absolute atomic E-state index is 12.3. The van der Waals surface area contributed by atoms with Crippen molar-refractivity contribution in [3.05, 3.63) is 100 Å². The highest BCUT2D eigenvalue weighted by Gasteiger charge is 2.15. The van der Waals surface area contributed by atoms with Crippen molar-refractivity contribution in [1.29, 1.82) is 0 Å². The monoisotopic (exact) mass is 383 g/mol. The Morgan fingerprint density at radius 1 is 0.931 bits per heavy atom. The molecule has 4 aromatic carbocycles. The molecule has 142 valence electrons. The molecule has 0 aliphatic heterocycles. The summed E-state index contributed by atoms with van der Waals surface area (Å²) in [5.74, 6) is -0.417. The van der Waals surface area contributed by atoms with Crippen LogP contribution in [0.5, 0.6) is 0 Å². The third-order valence-corrected chi connectivity index (χ3v) is 4.74. The molecule has 0 spiro atoms. The van der Waals surface area contributed by atoms with Gasteiger partial charge in [0.2, 0.25) is 5.91 Å². The van der Waals surface area contributed by atoms with Gasteiger partial charge < -0.3 is 0 Å². The van der Waals surface area contributed by atoms with E-state index in [1.54, 1.807) is 24.4 Å². The second-order valence-corrected chi connectivity index (χ2v) is 6.59. The van der Waals surface area contributed by atoms with Crippen LogP contribution in [-0.4, -0.2) is 17.0 Å². The zero-order chi connectivity index (χ0) is 20.2. The number of carbonyl (C=O) groups is 1. The molecule has 0 aliphatic rings. The van der Waals surface area contributed by atoms with Gasteiger partial charge in [0.05, 0.1) is 17.6 Å². The Morgan fingerprint density at radius 3 is 2.17 bits per heavy atom. The lowest BCUT2D eigenvalue weighted by molar-refractivity contribution is -0.385. The van der Waals surface area contributed by atoms with Gasteiger partial charge in [-0.2, -0.15) is 5.10 Å². The highest BCUT2D eigenvalue weighted by molar-refractivity contribution is 6.13. The quantitative estimate of drug-likeness (QED) is 0.237.